The first kappa shape index (κ1) is 8.17. The number of fused-ring (bicyclic) bond motifs is 3. The lowest BCUT2D eigenvalue weighted by molar-refractivity contribution is 0.669. The Morgan fingerprint density at radius 2 is 1.73 bits per heavy atom. The van der Waals surface area contributed by atoms with Gasteiger partial charge in [0.2, 0.25) is 0 Å². The number of rotatable bonds is 1. The highest BCUT2D eigenvalue weighted by molar-refractivity contribution is 6.05. The Kier molecular flexibility index (Phi) is 1.59. The minimum Gasteiger partial charge on any atom is -0.456 e. The zero-order valence-corrected chi connectivity index (χ0v) is 7.81. The smallest absolute Gasteiger partial charge is 0.135 e. The first-order chi connectivity index (χ1) is 7.38. The second kappa shape index (κ2) is 2.92. The summed E-state index contributed by atoms with van der Waals surface area (Å²) in [6.07, 6.45) is 0. The van der Waals surface area contributed by atoms with Crippen molar-refractivity contribution in [2.24, 2.45) is 5.18 Å². The maximum Gasteiger partial charge on any atom is 0.135 e. The summed E-state index contributed by atoms with van der Waals surface area (Å²) in [6.45, 7) is 0. The van der Waals surface area contributed by atoms with Crippen LogP contribution in [0, 0.1) is 4.91 Å². The van der Waals surface area contributed by atoms with E-state index in [0.717, 1.165) is 21.9 Å². The summed E-state index contributed by atoms with van der Waals surface area (Å²) in [5.74, 6) is 0. The molecule has 0 aliphatic rings. The molecule has 2 aromatic carbocycles. The second-order valence-corrected chi connectivity index (χ2v) is 3.37. The van der Waals surface area contributed by atoms with E-state index >= 15 is 0 Å². The monoisotopic (exact) mass is 197 g/mol. The van der Waals surface area contributed by atoms with Crippen LogP contribution >= 0.6 is 0 Å². The van der Waals surface area contributed by atoms with E-state index in [4.69, 9.17) is 4.42 Å². The van der Waals surface area contributed by atoms with Crippen molar-refractivity contribution >= 4 is 27.6 Å². The molecule has 72 valence electrons. The zero-order chi connectivity index (χ0) is 10.3. The van der Waals surface area contributed by atoms with E-state index in [1.807, 2.05) is 24.3 Å². The average molecular weight is 197 g/mol. The Balaban J connectivity index is 2.51. The first-order valence-corrected chi connectivity index (χ1v) is 4.63. The molecule has 15 heavy (non-hydrogen) atoms. The summed E-state index contributed by atoms with van der Waals surface area (Å²) in [7, 11) is 0. The molecule has 0 atom stereocenters. The maximum absolute atomic E-state index is 10.4. The standard InChI is InChI=1S/C12H7NO2/c14-13-8-5-6-12-10(7-8)9-3-1-2-4-11(9)15-12/h1-7H. The van der Waals surface area contributed by atoms with Gasteiger partial charge >= 0.3 is 0 Å². The molecule has 0 fully saturated rings. The van der Waals surface area contributed by atoms with Gasteiger partial charge in [-0.3, -0.25) is 0 Å². The highest BCUT2D eigenvalue weighted by atomic mass is 16.3. The third-order valence-corrected chi connectivity index (χ3v) is 2.47. The molecule has 0 unspecified atom stereocenters. The van der Waals surface area contributed by atoms with Gasteiger partial charge < -0.3 is 4.42 Å². The van der Waals surface area contributed by atoms with Crippen molar-refractivity contribution < 1.29 is 4.42 Å². The zero-order valence-electron chi connectivity index (χ0n) is 7.81. The van der Waals surface area contributed by atoms with E-state index < -0.39 is 0 Å². The summed E-state index contributed by atoms with van der Waals surface area (Å²) in [6, 6.07) is 12.9. The Hall–Kier alpha value is -2.16. The Morgan fingerprint density at radius 1 is 0.933 bits per heavy atom. The number of furan rings is 1. The van der Waals surface area contributed by atoms with Crippen LogP contribution in [-0.4, -0.2) is 0 Å². The maximum atomic E-state index is 10.4. The molecule has 0 aliphatic heterocycles. The summed E-state index contributed by atoms with van der Waals surface area (Å²) in [4.78, 5) is 10.4. The largest absolute Gasteiger partial charge is 0.456 e. The molecule has 3 rings (SSSR count). The van der Waals surface area contributed by atoms with Gasteiger partial charge in [-0.1, -0.05) is 18.2 Å². The molecule has 3 heteroatoms. The summed E-state index contributed by atoms with van der Waals surface area (Å²) in [5, 5.41) is 4.86. The van der Waals surface area contributed by atoms with Gasteiger partial charge in [-0.2, -0.15) is 0 Å². The van der Waals surface area contributed by atoms with Crippen LogP contribution in [-0.2, 0) is 0 Å². The fraction of sp³-hybridized carbons (Fsp3) is 0. The Morgan fingerprint density at radius 3 is 2.60 bits per heavy atom. The molecule has 1 aromatic heterocycles. The van der Waals surface area contributed by atoms with Crippen molar-refractivity contribution in [1.82, 2.24) is 0 Å². The normalized spacial score (nSPS) is 10.9. The van der Waals surface area contributed by atoms with Gasteiger partial charge in [0.25, 0.3) is 0 Å². The van der Waals surface area contributed by atoms with Gasteiger partial charge in [0.05, 0.1) is 0 Å². The summed E-state index contributed by atoms with van der Waals surface area (Å²) < 4.78 is 5.61. The van der Waals surface area contributed by atoms with Crippen LogP contribution in [0.15, 0.2) is 52.1 Å². The number of nitroso groups, excluding NO2 is 1. The van der Waals surface area contributed by atoms with Gasteiger partial charge in [0.1, 0.15) is 16.9 Å². The lowest BCUT2D eigenvalue weighted by Crippen LogP contribution is -1.65. The van der Waals surface area contributed by atoms with E-state index in [-0.39, 0.29) is 0 Å². The fourth-order valence-electron chi connectivity index (χ4n) is 1.77. The highest BCUT2D eigenvalue weighted by Gasteiger charge is 2.06. The van der Waals surface area contributed by atoms with Crippen LogP contribution in [0.1, 0.15) is 0 Å². The van der Waals surface area contributed by atoms with Crippen molar-refractivity contribution in [3.63, 3.8) is 0 Å². The minimum atomic E-state index is 0.425. The van der Waals surface area contributed by atoms with Gasteiger partial charge in [0.15, 0.2) is 0 Å². The van der Waals surface area contributed by atoms with Crippen molar-refractivity contribution in [2.75, 3.05) is 0 Å². The minimum absolute atomic E-state index is 0.425. The predicted octanol–water partition coefficient (Wildman–Crippen LogP) is 3.98. The van der Waals surface area contributed by atoms with Crippen LogP contribution in [0.5, 0.6) is 0 Å². The number of nitrogens with zero attached hydrogens (tertiary/aromatic N) is 1. The van der Waals surface area contributed by atoms with Gasteiger partial charge in [-0.15, -0.1) is 4.91 Å². The van der Waals surface area contributed by atoms with E-state index in [0.29, 0.717) is 5.69 Å². The molecule has 0 amide bonds. The molecule has 0 aliphatic carbocycles. The molecule has 1 heterocycles. The summed E-state index contributed by atoms with van der Waals surface area (Å²) >= 11 is 0. The van der Waals surface area contributed by atoms with E-state index in [2.05, 4.69) is 5.18 Å². The van der Waals surface area contributed by atoms with Crippen molar-refractivity contribution in [1.29, 1.82) is 0 Å². The third kappa shape index (κ3) is 1.13. The Labute approximate surface area is 85.3 Å². The molecule has 3 nitrogen and oxygen atoms in total. The van der Waals surface area contributed by atoms with Gasteiger partial charge in [-0.25, -0.2) is 0 Å². The lowest BCUT2D eigenvalue weighted by atomic mass is 10.1. The highest BCUT2D eigenvalue weighted by Crippen LogP contribution is 2.30. The van der Waals surface area contributed by atoms with E-state index in [1.165, 1.54) is 0 Å². The SMILES string of the molecule is O=Nc1ccc2oc3ccccc3c2c1. The Bertz CT molecular complexity index is 655. The molecule has 0 radical (unpaired) electrons. The molecule has 0 saturated heterocycles. The number of hydrogen-bond donors (Lipinski definition) is 0. The average Bonchev–Trinajstić information content (AvgIpc) is 2.66. The van der Waals surface area contributed by atoms with E-state index in [1.54, 1.807) is 18.2 Å². The topological polar surface area (TPSA) is 42.6 Å². The van der Waals surface area contributed by atoms with Crippen LogP contribution in [0.4, 0.5) is 5.69 Å². The van der Waals surface area contributed by atoms with Crippen molar-refractivity contribution in [3.8, 4) is 0 Å². The van der Waals surface area contributed by atoms with Crippen LogP contribution < -0.4 is 0 Å². The van der Waals surface area contributed by atoms with Crippen molar-refractivity contribution in [3.05, 3.63) is 47.4 Å². The van der Waals surface area contributed by atoms with Crippen LogP contribution in [0.25, 0.3) is 21.9 Å². The quantitative estimate of drug-likeness (QED) is 0.553. The third-order valence-electron chi connectivity index (χ3n) is 2.47. The van der Waals surface area contributed by atoms with Gasteiger partial charge in [-0.05, 0) is 29.4 Å². The molecule has 0 spiro atoms. The first-order valence-electron chi connectivity index (χ1n) is 4.63. The molecule has 0 saturated carbocycles. The number of hydrogen-bond acceptors (Lipinski definition) is 3. The van der Waals surface area contributed by atoms with Gasteiger partial charge in [0, 0.05) is 10.8 Å². The summed E-state index contributed by atoms with van der Waals surface area (Å²) in [5.41, 5.74) is 2.04. The number of benzene rings is 2. The van der Waals surface area contributed by atoms with Crippen molar-refractivity contribution in [2.45, 2.75) is 0 Å². The molecular formula is C12H7NO2. The fourth-order valence-corrected chi connectivity index (χ4v) is 1.77. The second-order valence-electron chi connectivity index (χ2n) is 3.37. The predicted molar refractivity (Wildman–Crippen MR) is 59.2 cm³/mol. The van der Waals surface area contributed by atoms with Crippen LogP contribution in [0.3, 0.4) is 0 Å². The number of para-hydroxylation sites is 1. The van der Waals surface area contributed by atoms with E-state index in [9.17, 15) is 4.91 Å². The van der Waals surface area contributed by atoms with Crippen LogP contribution in [0.2, 0.25) is 0 Å². The molecule has 0 N–H and O–H groups in total. The lowest BCUT2D eigenvalue weighted by Gasteiger charge is -1.89. The molecular weight excluding hydrogens is 190 g/mol. The molecule has 0 bridgehead atoms. The molecule has 3 aromatic rings.